The molecule has 0 saturated carbocycles. The van der Waals surface area contributed by atoms with Gasteiger partial charge < -0.3 is 9.13 Å². The number of nitriles is 2. The van der Waals surface area contributed by atoms with Gasteiger partial charge in [0.2, 0.25) is 0 Å². The fourth-order valence-electron chi connectivity index (χ4n) is 13.6. The van der Waals surface area contributed by atoms with Crippen LogP contribution in [0.2, 0.25) is 0 Å². The average molecular weight is 1020 g/mol. The Balaban J connectivity index is 0.811. The summed E-state index contributed by atoms with van der Waals surface area (Å²) in [5, 5.41) is 34.6. The molecule has 0 aliphatic rings. The van der Waals surface area contributed by atoms with E-state index < -0.39 is 0 Å². The number of para-hydroxylation sites is 2. The van der Waals surface area contributed by atoms with Crippen LogP contribution >= 0.6 is 0 Å². The molecule has 2 aromatic heterocycles. The highest BCUT2D eigenvalue weighted by molar-refractivity contribution is 6.26. The number of aromatic nitrogens is 2. The molecule has 0 amide bonds. The zero-order valence-corrected chi connectivity index (χ0v) is 45.6. The molecule has 378 valence electrons. The Hall–Kier alpha value is -10.0. The first-order valence-electron chi connectivity index (χ1n) is 27.7. The Morgan fingerprint density at radius 3 is 0.938 bits per heavy atom. The number of rotatable bonds is 6. The van der Waals surface area contributed by atoms with E-state index in [0.717, 1.165) is 66.5 Å². The second kappa shape index (κ2) is 17.2. The molecule has 0 fully saturated rings. The third kappa shape index (κ3) is 7.19. The van der Waals surface area contributed by atoms with E-state index in [-0.39, 0.29) is 10.8 Å². The fraction of sp³-hybridized carbons (Fsp3) is 0.105. The lowest BCUT2D eigenvalue weighted by molar-refractivity contribution is 0.593. The Kier molecular flexibility index (Phi) is 10.2. The van der Waals surface area contributed by atoms with E-state index in [0.29, 0.717) is 11.1 Å². The molecule has 0 atom stereocenters. The van der Waals surface area contributed by atoms with Crippen molar-refractivity contribution in [3.63, 3.8) is 0 Å². The van der Waals surface area contributed by atoms with Crippen molar-refractivity contribution >= 4 is 86.7 Å². The minimum absolute atomic E-state index is 0.146. The molecule has 0 aliphatic heterocycles. The molecule has 2 heterocycles. The van der Waals surface area contributed by atoms with Crippen molar-refractivity contribution in [2.24, 2.45) is 0 Å². The van der Waals surface area contributed by atoms with Crippen molar-refractivity contribution in [2.45, 2.75) is 52.4 Å². The molecule has 0 radical (unpaired) electrons. The minimum Gasteiger partial charge on any atom is -0.309 e. The summed E-state index contributed by atoms with van der Waals surface area (Å²) in [6.45, 7) is 14.1. The van der Waals surface area contributed by atoms with Crippen LogP contribution in [0.25, 0.3) is 143 Å². The maximum absolute atomic E-state index is 10.0. The first-order chi connectivity index (χ1) is 38.8. The van der Waals surface area contributed by atoms with Crippen molar-refractivity contribution in [3.05, 3.63) is 241 Å². The van der Waals surface area contributed by atoms with E-state index in [9.17, 15) is 10.5 Å². The Bertz CT molecular complexity index is 4780. The zero-order valence-electron chi connectivity index (χ0n) is 45.6. The molecule has 0 saturated heterocycles. The summed E-state index contributed by atoms with van der Waals surface area (Å²) < 4.78 is 4.65. The third-order valence-electron chi connectivity index (χ3n) is 16.9. The molecule has 4 heteroatoms. The highest BCUT2D eigenvalue weighted by Gasteiger charge is 2.29. The van der Waals surface area contributed by atoms with E-state index in [1.807, 2.05) is 24.3 Å². The van der Waals surface area contributed by atoms with Crippen LogP contribution in [0, 0.1) is 22.7 Å². The van der Waals surface area contributed by atoms with E-state index in [4.69, 9.17) is 0 Å². The second-order valence-electron chi connectivity index (χ2n) is 24.0. The summed E-state index contributed by atoms with van der Waals surface area (Å²) in [5.74, 6) is 0. The van der Waals surface area contributed by atoms with Gasteiger partial charge in [-0.15, -0.1) is 0 Å². The molecule has 0 spiro atoms. The lowest BCUT2D eigenvalue weighted by Gasteiger charge is -2.31. The molecular formula is C76H54N4. The topological polar surface area (TPSA) is 57.4 Å². The van der Waals surface area contributed by atoms with Crippen LogP contribution in [0.5, 0.6) is 0 Å². The van der Waals surface area contributed by atoms with Crippen molar-refractivity contribution in [3.8, 4) is 68.0 Å². The van der Waals surface area contributed by atoms with Crippen molar-refractivity contribution < 1.29 is 0 Å². The average Bonchev–Trinajstić information content (AvgIpc) is 4.17. The molecule has 80 heavy (non-hydrogen) atoms. The van der Waals surface area contributed by atoms with E-state index in [1.54, 1.807) is 0 Å². The van der Waals surface area contributed by atoms with Gasteiger partial charge >= 0.3 is 0 Å². The number of hydrogen-bond donors (Lipinski definition) is 0. The monoisotopic (exact) mass is 1020 g/mol. The van der Waals surface area contributed by atoms with Gasteiger partial charge in [-0.2, -0.15) is 10.5 Å². The van der Waals surface area contributed by atoms with Crippen LogP contribution in [-0.2, 0) is 10.8 Å². The maximum Gasteiger partial charge on any atom is 0.0992 e. The quantitative estimate of drug-likeness (QED) is 0.123. The van der Waals surface area contributed by atoms with E-state index in [1.165, 1.54) is 87.2 Å². The lowest BCUT2D eigenvalue weighted by Crippen LogP contribution is -2.17. The Morgan fingerprint density at radius 1 is 0.287 bits per heavy atom. The SMILES string of the molecule is CC(C)(C)c1c2ccc(-c3ccc(-c4cc5ccc6cc(C#N)cc7c6c5c(c4)n7-c4ccccc4)cc3)cc2c(C(C)(C)C)c2ccc(-c3ccc(-c4cc5ccc6cc(C#N)cc7c6c5c(c4)n7-c4ccccc4)cc3)cc12. The summed E-state index contributed by atoms with van der Waals surface area (Å²) >= 11 is 0. The number of fused-ring (bicyclic) bond motifs is 2. The van der Waals surface area contributed by atoms with Crippen LogP contribution in [0.1, 0.15) is 63.8 Å². The van der Waals surface area contributed by atoms with Crippen molar-refractivity contribution in [1.29, 1.82) is 10.5 Å². The number of nitrogens with zero attached hydrogens (tertiary/aromatic N) is 4. The van der Waals surface area contributed by atoms with Crippen LogP contribution in [0.3, 0.4) is 0 Å². The number of benzene rings is 13. The minimum atomic E-state index is -0.146. The molecular weight excluding hydrogens is 969 g/mol. The van der Waals surface area contributed by atoms with Gasteiger partial charge in [0.05, 0.1) is 45.3 Å². The van der Waals surface area contributed by atoms with Crippen LogP contribution in [0.4, 0.5) is 0 Å². The molecule has 15 rings (SSSR count). The second-order valence-corrected chi connectivity index (χ2v) is 24.0. The predicted molar refractivity (Wildman–Crippen MR) is 336 cm³/mol. The Labute approximate surface area is 464 Å². The maximum atomic E-state index is 10.0. The summed E-state index contributed by atoms with van der Waals surface area (Å²) in [6.07, 6.45) is 0. The first kappa shape index (κ1) is 47.2. The van der Waals surface area contributed by atoms with Gasteiger partial charge in [0.25, 0.3) is 0 Å². The van der Waals surface area contributed by atoms with Crippen molar-refractivity contribution in [1.82, 2.24) is 9.13 Å². The molecule has 15 aromatic rings. The van der Waals surface area contributed by atoms with E-state index in [2.05, 4.69) is 257 Å². The van der Waals surface area contributed by atoms with Crippen LogP contribution in [-0.4, -0.2) is 9.13 Å². The largest absolute Gasteiger partial charge is 0.309 e. The standard InChI is InChI=1S/C76H54N4/c1-75(2,3)73-61-31-29-52(48-19-23-50(24-20-48)58-38-56-28-26-54-34-46(44-78)36-66-70(54)72(56)68(42-58)80(66)60-15-11-8-12-16-60)40-64(61)74(76(4,5)6)62-32-30-51(39-63(62)73)47-17-21-49(22-18-47)57-37-55-27-25-53-33-45(43-77)35-65-69(53)71(55)67(41-57)79(65)59-13-9-7-10-14-59/h7-42H,1-6H3. The van der Waals surface area contributed by atoms with Gasteiger partial charge in [0, 0.05) is 32.9 Å². The third-order valence-corrected chi connectivity index (χ3v) is 16.9. The summed E-state index contributed by atoms with van der Waals surface area (Å²) in [5.41, 5.74) is 19.7. The van der Waals surface area contributed by atoms with Gasteiger partial charge in [-0.3, -0.25) is 0 Å². The van der Waals surface area contributed by atoms with Gasteiger partial charge in [0.15, 0.2) is 0 Å². The first-order valence-corrected chi connectivity index (χ1v) is 27.7. The molecule has 13 aromatic carbocycles. The molecule has 0 unspecified atom stereocenters. The lowest BCUT2D eigenvalue weighted by atomic mass is 9.73. The highest BCUT2D eigenvalue weighted by Crippen LogP contribution is 2.48. The molecule has 4 nitrogen and oxygen atoms in total. The normalized spacial score (nSPS) is 12.3. The molecule has 0 N–H and O–H groups in total. The molecule has 0 aliphatic carbocycles. The van der Waals surface area contributed by atoms with E-state index >= 15 is 0 Å². The smallest absolute Gasteiger partial charge is 0.0992 e. The summed E-state index contributed by atoms with van der Waals surface area (Å²) in [7, 11) is 0. The van der Waals surface area contributed by atoms with Gasteiger partial charge in [0.1, 0.15) is 0 Å². The zero-order chi connectivity index (χ0) is 54.3. The Morgan fingerprint density at radius 2 is 0.600 bits per heavy atom. The summed E-state index contributed by atoms with van der Waals surface area (Å²) in [6, 6.07) is 84.4. The van der Waals surface area contributed by atoms with Gasteiger partial charge in [-0.05, 0) is 194 Å². The van der Waals surface area contributed by atoms with Gasteiger partial charge in [-0.1, -0.05) is 175 Å². The van der Waals surface area contributed by atoms with Crippen LogP contribution < -0.4 is 0 Å². The van der Waals surface area contributed by atoms with Gasteiger partial charge in [-0.25, -0.2) is 0 Å². The number of hydrogen-bond acceptors (Lipinski definition) is 2. The molecule has 0 bridgehead atoms. The van der Waals surface area contributed by atoms with Crippen molar-refractivity contribution in [2.75, 3.05) is 0 Å². The fourth-order valence-corrected chi connectivity index (χ4v) is 13.6. The summed E-state index contributed by atoms with van der Waals surface area (Å²) in [4.78, 5) is 0. The van der Waals surface area contributed by atoms with Crippen LogP contribution in [0.15, 0.2) is 218 Å². The predicted octanol–water partition coefficient (Wildman–Crippen LogP) is 20.4. The highest BCUT2D eigenvalue weighted by atomic mass is 15.0.